The number of para-hydroxylation sites is 1. The van der Waals surface area contributed by atoms with Crippen molar-refractivity contribution in [3.05, 3.63) is 78.2 Å². The number of hydrogen-bond donors (Lipinski definition) is 1. The van der Waals surface area contributed by atoms with Crippen molar-refractivity contribution in [1.29, 1.82) is 0 Å². The maximum Gasteiger partial charge on any atom is 0.310 e. The summed E-state index contributed by atoms with van der Waals surface area (Å²) in [6.07, 6.45) is 1.82. The Morgan fingerprint density at radius 2 is 1.96 bits per heavy atom. The highest BCUT2D eigenvalue weighted by atomic mass is 35.5. The molecule has 3 aromatic rings. The van der Waals surface area contributed by atoms with Crippen LogP contribution in [0.1, 0.15) is 22.9 Å². The number of aromatic hydroxyl groups is 1. The summed E-state index contributed by atoms with van der Waals surface area (Å²) in [5.41, 5.74) is 4.42. The van der Waals surface area contributed by atoms with Gasteiger partial charge in [-0.2, -0.15) is 0 Å². The molecule has 0 aliphatic carbocycles. The minimum atomic E-state index is -0.244. The van der Waals surface area contributed by atoms with Gasteiger partial charge in [0.05, 0.1) is 27.2 Å². The van der Waals surface area contributed by atoms with Crippen LogP contribution in [0.5, 0.6) is 5.88 Å². The molecule has 0 bridgehead atoms. The summed E-state index contributed by atoms with van der Waals surface area (Å²) in [4.78, 5) is 17.2. The lowest BCUT2D eigenvalue weighted by Gasteiger charge is -2.06. The third-order valence-corrected chi connectivity index (χ3v) is 6.02. The van der Waals surface area contributed by atoms with E-state index >= 15 is 0 Å². The number of halogens is 2. The predicted octanol–water partition coefficient (Wildman–Crippen LogP) is 5.62. The van der Waals surface area contributed by atoms with Crippen molar-refractivity contribution in [2.24, 2.45) is 4.99 Å². The normalized spacial score (nSPS) is 14.5. The molecule has 4 nitrogen and oxygen atoms in total. The first-order valence-electron chi connectivity index (χ1n) is 8.17. The second kappa shape index (κ2) is 7.00. The molecule has 1 aliphatic rings. The maximum atomic E-state index is 12.4. The van der Waals surface area contributed by atoms with Crippen LogP contribution in [-0.2, 0) is 6.54 Å². The molecule has 0 unspecified atom stereocenters. The Labute approximate surface area is 169 Å². The average molecular weight is 417 g/mol. The smallest absolute Gasteiger partial charge is 0.310 e. The molecular weight excluding hydrogens is 403 g/mol. The number of benzene rings is 2. The van der Waals surface area contributed by atoms with Crippen LogP contribution in [-0.4, -0.2) is 15.4 Å². The summed E-state index contributed by atoms with van der Waals surface area (Å²) in [6.45, 7) is 2.13. The standard InChI is InChI=1S/C20H14Cl2N2O2S/c1-11-14(13-4-2-3-5-17(13)23-11)9-18-19(25)24(20(26)27-18)10-12-6-7-15(21)16(22)8-12/h2-9,25H,10H2,1H3/b14-9-. The third kappa shape index (κ3) is 3.34. The van der Waals surface area contributed by atoms with E-state index in [1.807, 2.05) is 37.3 Å². The predicted molar refractivity (Wildman–Crippen MR) is 113 cm³/mol. The van der Waals surface area contributed by atoms with Crippen LogP contribution in [0.3, 0.4) is 0 Å². The minimum absolute atomic E-state index is 0.0687. The van der Waals surface area contributed by atoms with E-state index in [2.05, 4.69) is 4.99 Å². The summed E-state index contributed by atoms with van der Waals surface area (Å²) in [5, 5.41) is 11.5. The van der Waals surface area contributed by atoms with Crippen LogP contribution in [0.15, 0.2) is 52.3 Å². The molecule has 27 heavy (non-hydrogen) atoms. The van der Waals surface area contributed by atoms with Crippen molar-refractivity contribution in [3.8, 4) is 5.88 Å². The van der Waals surface area contributed by atoms with Gasteiger partial charge in [-0.05, 0) is 36.8 Å². The Balaban J connectivity index is 1.73. The monoisotopic (exact) mass is 416 g/mol. The van der Waals surface area contributed by atoms with Gasteiger partial charge in [0.2, 0.25) is 5.88 Å². The molecule has 1 aliphatic heterocycles. The van der Waals surface area contributed by atoms with Crippen LogP contribution >= 0.6 is 34.5 Å². The molecule has 0 spiro atoms. The Morgan fingerprint density at radius 3 is 2.74 bits per heavy atom. The summed E-state index contributed by atoms with van der Waals surface area (Å²) >= 11 is 13.0. The van der Waals surface area contributed by atoms with E-state index in [-0.39, 0.29) is 17.3 Å². The number of thiazole rings is 1. The van der Waals surface area contributed by atoms with E-state index in [0.29, 0.717) is 14.9 Å². The SMILES string of the molecule is CC1=Nc2ccccc2/C1=C\c1sc(=O)n(Cc2ccc(Cl)c(Cl)c2)c1O. The van der Waals surface area contributed by atoms with Gasteiger partial charge in [-0.3, -0.25) is 14.4 Å². The number of rotatable bonds is 3. The molecule has 0 fully saturated rings. The van der Waals surface area contributed by atoms with Crippen LogP contribution in [0.2, 0.25) is 10.0 Å². The number of aromatic nitrogens is 1. The molecule has 0 amide bonds. The molecule has 4 rings (SSSR count). The highest BCUT2D eigenvalue weighted by Crippen LogP contribution is 2.37. The van der Waals surface area contributed by atoms with E-state index in [4.69, 9.17) is 23.2 Å². The van der Waals surface area contributed by atoms with Crippen LogP contribution in [0, 0.1) is 0 Å². The minimum Gasteiger partial charge on any atom is -0.493 e. The first-order valence-corrected chi connectivity index (χ1v) is 9.74. The zero-order chi connectivity index (χ0) is 19.1. The van der Waals surface area contributed by atoms with Gasteiger partial charge in [0, 0.05) is 16.8 Å². The number of nitrogens with zero attached hydrogens (tertiary/aromatic N) is 2. The summed E-state index contributed by atoms with van der Waals surface area (Å²) in [6, 6.07) is 12.9. The largest absolute Gasteiger partial charge is 0.493 e. The van der Waals surface area contributed by atoms with Crippen LogP contribution < -0.4 is 4.87 Å². The lowest BCUT2D eigenvalue weighted by molar-refractivity contribution is 0.420. The molecular formula is C20H14Cl2N2O2S. The highest BCUT2D eigenvalue weighted by Gasteiger charge is 2.20. The first kappa shape index (κ1) is 18.0. The second-order valence-corrected chi connectivity index (χ2v) is 7.97. The Hall–Kier alpha value is -2.34. The molecule has 1 aromatic heterocycles. The lowest BCUT2D eigenvalue weighted by atomic mass is 10.0. The number of allylic oxidation sites excluding steroid dienone is 1. The number of aliphatic imine (C=N–C) groups is 1. The van der Waals surface area contributed by atoms with E-state index in [0.717, 1.165) is 39.4 Å². The molecule has 2 aromatic carbocycles. The first-order chi connectivity index (χ1) is 12.9. The fraction of sp³-hybridized carbons (Fsp3) is 0.100. The van der Waals surface area contributed by atoms with Crippen molar-refractivity contribution in [3.63, 3.8) is 0 Å². The van der Waals surface area contributed by atoms with Crippen LogP contribution in [0.25, 0.3) is 11.6 Å². The highest BCUT2D eigenvalue weighted by molar-refractivity contribution is 7.10. The van der Waals surface area contributed by atoms with Gasteiger partial charge in [0.1, 0.15) is 0 Å². The van der Waals surface area contributed by atoms with E-state index in [9.17, 15) is 9.90 Å². The topological polar surface area (TPSA) is 54.6 Å². The lowest BCUT2D eigenvalue weighted by Crippen LogP contribution is -2.13. The fourth-order valence-electron chi connectivity index (χ4n) is 3.02. The zero-order valence-corrected chi connectivity index (χ0v) is 16.6. The van der Waals surface area contributed by atoms with Gasteiger partial charge < -0.3 is 5.11 Å². The van der Waals surface area contributed by atoms with Gasteiger partial charge in [0.25, 0.3) is 0 Å². The Bertz CT molecular complexity index is 1170. The molecule has 0 saturated carbocycles. The van der Waals surface area contributed by atoms with Crippen molar-refractivity contribution < 1.29 is 5.11 Å². The number of fused-ring (bicyclic) bond motifs is 1. The second-order valence-electron chi connectivity index (χ2n) is 6.16. The van der Waals surface area contributed by atoms with Gasteiger partial charge in [0.15, 0.2) is 0 Å². The molecule has 0 saturated heterocycles. The zero-order valence-electron chi connectivity index (χ0n) is 14.2. The number of hydrogen-bond acceptors (Lipinski definition) is 4. The molecule has 1 N–H and O–H groups in total. The average Bonchev–Trinajstić information content (AvgIpc) is 3.09. The molecule has 0 radical (unpaired) electrons. The van der Waals surface area contributed by atoms with Gasteiger partial charge >= 0.3 is 4.87 Å². The molecule has 0 atom stereocenters. The van der Waals surface area contributed by atoms with Crippen molar-refractivity contribution in [1.82, 2.24) is 4.57 Å². The van der Waals surface area contributed by atoms with E-state index in [1.165, 1.54) is 4.57 Å². The molecule has 2 heterocycles. The van der Waals surface area contributed by atoms with Gasteiger partial charge in [-0.1, -0.05) is 58.8 Å². The summed E-state index contributed by atoms with van der Waals surface area (Å²) in [7, 11) is 0. The van der Waals surface area contributed by atoms with Gasteiger partial charge in [-0.15, -0.1) is 0 Å². The van der Waals surface area contributed by atoms with Crippen molar-refractivity contribution >= 4 is 57.6 Å². The molecule has 7 heteroatoms. The summed E-state index contributed by atoms with van der Waals surface area (Å²) < 4.78 is 1.32. The Morgan fingerprint density at radius 1 is 1.19 bits per heavy atom. The van der Waals surface area contributed by atoms with E-state index in [1.54, 1.807) is 18.2 Å². The van der Waals surface area contributed by atoms with Crippen molar-refractivity contribution in [2.75, 3.05) is 0 Å². The maximum absolute atomic E-state index is 12.4. The third-order valence-electron chi connectivity index (χ3n) is 4.37. The van der Waals surface area contributed by atoms with Crippen molar-refractivity contribution in [2.45, 2.75) is 13.5 Å². The molecule has 136 valence electrons. The van der Waals surface area contributed by atoms with Gasteiger partial charge in [-0.25, -0.2) is 0 Å². The Kier molecular flexibility index (Phi) is 4.68. The summed E-state index contributed by atoms with van der Waals surface area (Å²) in [5.74, 6) is -0.0687. The van der Waals surface area contributed by atoms with Crippen LogP contribution in [0.4, 0.5) is 5.69 Å². The van der Waals surface area contributed by atoms with E-state index < -0.39 is 0 Å². The fourth-order valence-corrected chi connectivity index (χ4v) is 4.16. The quantitative estimate of drug-likeness (QED) is 0.602.